The summed E-state index contributed by atoms with van der Waals surface area (Å²) in [4.78, 5) is 0.241. The van der Waals surface area contributed by atoms with E-state index in [9.17, 15) is 8.42 Å². The van der Waals surface area contributed by atoms with Crippen LogP contribution in [-0.4, -0.2) is 15.5 Å². The maximum absolute atomic E-state index is 11.7. The van der Waals surface area contributed by atoms with Crippen molar-refractivity contribution < 1.29 is 13.2 Å². The van der Waals surface area contributed by atoms with Crippen molar-refractivity contribution in [2.24, 2.45) is 0 Å². The second-order valence-electron chi connectivity index (χ2n) is 5.29. The number of hydrogen-bond donors (Lipinski definition) is 1. The van der Waals surface area contributed by atoms with Gasteiger partial charge in [-0.3, -0.25) is 0 Å². The maximum atomic E-state index is 11.7. The third kappa shape index (κ3) is 3.77. The number of rotatable bonds is 5. The molecule has 0 aliphatic carbocycles. The summed E-state index contributed by atoms with van der Waals surface area (Å²) in [5.41, 5.74) is 0.904. The molecule has 0 atom stereocenters. The second kappa shape index (κ2) is 6.93. The monoisotopic (exact) mass is 405 g/mol. The first kappa shape index (κ1) is 17.0. The van der Waals surface area contributed by atoms with Gasteiger partial charge in [0.2, 0.25) is 10.0 Å². The molecule has 0 aromatic heterocycles. The fraction of sp³-hybridized carbons (Fsp3) is 0.111. The van der Waals surface area contributed by atoms with Crippen molar-refractivity contribution in [1.29, 1.82) is 0 Å². The van der Waals surface area contributed by atoms with Gasteiger partial charge in [-0.2, -0.15) is 0 Å². The predicted molar refractivity (Wildman–Crippen MR) is 98.7 cm³/mol. The Balaban J connectivity index is 1.72. The Bertz CT molecular complexity index is 969. The van der Waals surface area contributed by atoms with Gasteiger partial charge in [-0.05, 0) is 59.8 Å². The normalized spacial score (nSPS) is 11.6. The van der Waals surface area contributed by atoms with E-state index >= 15 is 0 Å². The molecule has 24 heavy (non-hydrogen) atoms. The summed E-state index contributed by atoms with van der Waals surface area (Å²) in [5, 5.41) is 2.24. The van der Waals surface area contributed by atoms with Gasteiger partial charge in [0.1, 0.15) is 12.4 Å². The van der Waals surface area contributed by atoms with Gasteiger partial charge in [0.15, 0.2) is 0 Å². The Morgan fingerprint density at radius 1 is 0.958 bits per heavy atom. The molecule has 3 rings (SSSR count). The van der Waals surface area contributed by atoms with Crippen molar-refractivity contribution in [3.63, 3.8) is 0 Å². The summed E-state index contributed by atoms with van der Waals surface area (Å²) < 4.78 is 32.5. The van der Waals surface area contributed by atoms with E-state index in [1.807, 2.05) is 30.3 Å². The van der Waals surface area contributed by atoms with Crippen LogP contribution >= 0.6 is 15.9 Å². The highest BCUT2D eigenvalue weighted by Gasteiger charge is 2.10. The van der Waals surface area contributed by atoms with E-state index in [-0.39, 0.29) is 4.90 Å². The van der Waals surface area contributed by atoms with Crippen LogP contribution in [0.1, 0.15) is 5.56 Å². The van der Waals surface area contributed by atoms with Crippen LogP contribution in [0, 0.1) is 0 Å². The fourth-order valence-corrected chi connectivity index (χ4v) is 3.44. The molecule has 0 radical (unpaired) electrons. The third-order valence-corrected chi connectivity index (χ3v) is 5.61. The smallest absolute Gasteiger partial charge is 0.240 e. The Morgan fingerprint density at radius 2 is 1.62 bits per heavy atom. The van der Waals surface area contributed by atoms with E-state index in [1.54, 1.807) is 24.3 Å². The quantitative estimate of drug-likeness (QED) is 0.695. The molecule has 0 heterocycles. The predicted octanol–water partition coefficient (Wildman–Crippen LogP) is 4.09. The van der Waals surface area contributed by atoms with E-state index in [0.29, 0.717) is 6.61 Å². The van der Waals surface area contributed by atoms with Crippen LogP contribution in [0.5, 0.6) is 5.75 Å². The first-order valence-corrected chi connectivity index (χ1v) is 9.60. The first-order chi connectivity index (χ1) is 11.5. The molecule has 3 aromatic rings. The summed E-state index contributed by atoms with van der Waals surface area (Å²) in [5.74, 6) is 0.775. The number of nitrogens with one attached hydrogen (secondary N) is 1. The van der Waals surface area contributed by atoms with Crippen LogP contribution in [0.15, 0.2) is 70.0 Å². The van der Waals surface area contributed by atoms with Crippen LogP contribution < -0.4 is 9.46 Å². The molecule has 0 saturated heterocycles. The van der Waals surface area contributed by atoms with Crippen molar-refractivity contribution in [3.8, 4) is 5.75 Å². The van der Waals surface area contributed by atoms with Gasteiger partial charge in [0, 0.05) is 4.47 Å². The molecule has 0 spiro atoms. The lowest BCUT2D eigenvalue weighted by Gasteiger charge is -2.09. The average Bonchev–Trinajstić information content (AvgIpc) is 2.60. The largest absolute Gasteiger partial charge is 0.489 e. The second-order valence-corrected chi connectivity index (χ2v) is 8.10. The highest BCUT2D eigenvalue weighted by atomic mass is 79.9. The molecule has 1 N–H and O–H groups in total. The molecule has 0 amide bonds. The molecule has 124 valence electrons. The number of ether oxygens (including phenoxy) is 1. The summed E-state index contributed by atoms with van der Waals surface area (Å²) >= 11 is 3.46. The molecule has 0 aliphatic rings. The zero-order valence-corrected chi connectivity index (χ0v) is 15.4. The molecule has 3 aromatic carbocycles. The third-order valence-electron chi connectivity index (χ3n) is 3.68. The van der Waals surface area contributed by atoms with Crippen molar-refractivity contribution >= 4 is 36.7 Å². The summed E-state index contributed by atoms with van der Waals surface area (Å²) in [6.07, 6.45) is 0. The van der Waals surface area contributed by atoms with Gasteiger partial charge in [0.25, 0.3) is 0 Å². The van der Waals surface area contributed by atoms with Gasteiger partial charge < -0.3 is 4.74 Å². The fourth-order valence-electron chi connectivity index (χ4n) is 2.33. The van der Waals surface area contributed by atoms with Gasteiger partial charge >= 0.3 is 0 Å². The topological polar surface area (TPSA) is 55.4 Å². The van der Waals surface area contributed by atoms with Gasteiger partial charge in [-0.1, -0.05) is 40.2 Å². The highest BCUT2D eigenvalue weighted by molar-refractivity contribution is 9.10. The van der Waals surface area contributed by atoms with E-state index < -0.39 is 10.0 Å². The standard InChI is InChI=1S/C18H16BrNO3S/c1-20-24(21,22)18-8-2-13(3-9-18)12-23-17-7-5-14-10-16(19)6-4-15(14)11-17/h2-11,20H,12H2,1H3. The Hall–Kier alpha value is -1.89. The summed E-state index contributed by atoms with van der Waals surface area (Å²) in [7, 11) is -2.01. The van der Waals surface area contributed by atoms with Crippen molar-refractivity contribution in [2.75, 3.05) is 7.05 Å². The number of benzene rings is 3. The number of hydrogen-bond acceptors (Lipinski definition) is 3. The lowest BCUT2D eigenvalue weighted by Crippen LogP contribution is -2.18. The molecule has 0 bridgehead atoms. The Morgan fingerprint density at radius 3 is 2.33 bits per heavy atom. The molecule has 0 saturated carbocycles. The zero-order valence-electron chi connectivity index (χ0n) is 13.0. The maximum Gasteiger partial charge on any atom is 0.240 e. The minimum Gasteiger partial charge on any atom is -0.489 e. The molecular weight excluding hydrogens is 390 g/mol. The molecule has 4 nitrogen and oxygen atoms in total. The van der Waals surface area contributed by atoms with Crippen LogP contribution in [0.4, 0.5) is 0 Å². The number of fused-ring (bicyclic) bond motifs is 1. The molecular formula is C18H16BrNO3S. The minimum absolute atomic E-state index is 0.241. The first-order valence-electron chi connectivity index (χ1n) is 7.32. The average molecular weight is 406 g/mol. The van der Waals surface area contributed by atoms with Crippen LogP contribution in [-0.2, 0) is 16.6 Å². The van der Waals surface area contributed by atoms with Crippen LogP contribution in [0.3, 0.4) is 0 Å². The van der Waals surface area contributed by atoms with Gasteiger partial charge in [-0.25, -0.2) is 13.1 Å². The van der Waals surface area contributed by atoms with Gasteiger partial charge in [-0.15, -0.1) is 0 Å². The highest BCUT2D eigenvalue weighted by Crippen LogP contribution is 2.24. The number of sulfonamides is 1. The Kier molecular flexibility index (Phi) is 4.89. The van der Waals surface area contributed by atoms with E-state index in [4.69, 9.17) is 4.74 Å². The summed E-state index contributed by atoms with van der Waals surface area (Å²) in [6, 6.07) is 18.7. The zero-order chi connectivity index (χ0) is 17.2. The van der Waals surface area contributed by atoms with Crippen LogP contribution in [0.25, 0.3) is 10.8 Å². The van der Waals surface area contributed by atoms with E-state index in [1.165, 1.54) is 7.05 Å². The number of halogens is 1. The van der Waals surface area contributed by atoms with Crippen LogP contribution in [0.2, 0.25) is 0 Å². The lowest BCUT2D eigenvalue weighted by molar-refractivity contribution is 0.306. The van der Waals surface area contributed by atoms with Crippen molar-refractivity contribution in [1.82, 2.24) is 4.72 Å². The Labute approximate surface area is 149 Å². The van der Waals surface area contributed by atoms with Crippen molar-refractivity contribution in [3.05, 3.63) is 70.7 Å². The molecule has 6 heteroatoms. The minimum atomic E-state index is -3.40. The molecule has 0 aliphatic heterocycles. The van der Waals surface area contributed by atoms with E-state index in [2.05, 4.69) is 26.7 Å². The molecule has 0 unspecified atom stereocenters. The lowest BCUT2D eigenvalue weighted by atomic mass is 10.1. The van der Waals surface area contributed by atoms with E-state index in [0.717, 1.165) is 26.6 Å². The van der Waals surface area contributed by atoms with Gasteiger partial charge in [0.05, 0.1) is 4.90 Å². The molecule has 0 fully saturated rings. The van der Waals surface area contributed by atoms with Crippen molar-refractivity contribution in [2.45, 2.75) is 11.5 Å². The SMILES string of the molecule is CNS(=O)(=O)c1ccc(COc2ccc3cc(Br)ccc3c2)cc1. The summed E-state index contributed by atoms with van der Waals surface area (Å²) in [6.45, 7) is 0.377.